The zero-order valence-electron chi connectivity index (χ0n) is 17.6. The van der Waals surface area contributed by atoms with Gasteiger partial charge in [-0.15, -0.1) is 5.10 Å². The smallest absolute Gasteiger partial charge is 0.273 e. The summed E-state index contributed by atoms with van der Waals surface area (Å²) in [5.74, 6) is 0.876. The summed E-state index contributed by atoms with van der Waals surface area (Å²) in [4.78, 5) is 26.5. The van der Waals surface area contributed by atoms with Gasteiger partial charge >= 0.3 is 0 Å². The first-order valence-electron chi connectivity index (χ1n) is 10.9. The first-order valence-corrected chi connectivity index (χ1v) is 10.9. The lowest BCUT2D eigenvalue weighted by molar-refractivity contribution is 0.0600. The van der Waals surface area contributed by atoms with Crippen molar-refractivity contribution in [1.82, 2.24) is 24.5 Å². The molecule has 0 saturated carbocycles. The van der Waals surface area contributed by atoms with Crippen LogP contribution in [0.25, 0.3) is 5.65 Å². The molecule has 8 heteroatoms. The fourth-order valence-electron chi connectivity index (χ4n) is 4.58. The number of likely N-dealkylation sites (tertiary alicyclic amines) is 1. The molecule has 8 nitrogen and oxygen atoms in total. The van der Waals surface area contributed by atoms with E-state index in [4.69, 9.17) is 15.3 Å². The number of aryl methyl sites for hydroxylation is 1. The number of aromatic nitrogens is 4. The molecule has 1 amide bonds. The lowest BCUT2D eigenvalue weighted by atomic mass is 9.99. The summed E-state index contributed by atoms with van der Waals surface area (Å²) in [6.45, 7) is 4.15. The summed E-state index contributed by atoms with van der Waals surface area (Å²) in [7, 11) is 0. The fourth-order valence-corrected chi connectivity index (χ4v) is 4.58. The number of hydrogen-bond acceptors (Lipinski definition) is 6. The van der Waals surface area contributed by atoms with Gasteiger partial charge in [0.2, 0.25) is 0 Å². The SMILES string of the molecule is Cc1cccc(C(=O)N2CCCC[C@H]2c2cn3nc(N4CC[C@H](C#N)C4)ccc3n2)n1. The van der Waals surface area contributed by atoms with Crippen LogP contribution in [0, 0.1) is 24.2 Å². The van der Waals surface area contributed by atoms with Crippen LogP contribution < -0.4 is 4.90 Å². The zero-order valence-corrected chi connectivity index (χ0v) is 17.6. The van der Waals surface area contributed by atoms with Crippen molar-refractivity contribution in [2.24, 2.45) is 5.92 Å². The Morgan fingerprint density at radius 2 is 2.03 bits per heavy atom. The second-order valence-electron chi connectivity index (χ2n) is 8.40. The van der Waals surface area contributed by atoms with E-state index in [1.54, 1.807) is 10.6 Å². The molecular weight excluding hydrogens is 390 g/mol. The number of pyridine rings is 1. The van der Waals surface area contributed by atoms with Gasteiger partial charge in [0, 0.05) is 25.3 Å². The van der Waals surface area contributed by atoms with E-state index in [1.807, 2.05) is 42.3 Å². The lowest BCUT2D eigenvalue weighted by Gasteiger charge is -2.34. The zero-order chi connectivity index (χ0) is 21.4. The predicted molar refractivity (Wildman–Crippen MR) is 116 cm³/mol. The minimum absolute atomic E-state index is 0.0429. The number of piperidine rings is 1. The van der Waals surface area contributed by atoms with Crippen molar-refractivity contribution in [2.45, 2.75) is 38.6 Å². The Morgan fingerprint density at radius 3 is 2.84 bits per heavy atom. The number of hydrogen-bond donors (Lipinski definition) is 0. The number of fused-ring (bicyclic) bond motifs is 1. The Bertz CT molecular complexity index is 1160. The normalized spacial score (nSPS) is 21.4. The minimum Gasteiger partial charge on any atom is -0.354 e. The maximum absolute atomic E-state index is 13.2. The van der Waals surface area contributed by atoms with Gasteiger partial charge in [0.05, 0.1) is 29.9 Å². The summed E-state index contributed by atoms with van der Waals surface area (Å²) in [6.07, 6.45) is 5.74. The number of imidazole rings is 1. The molecule has 0 aliphatic carbocycles. The summed E-state index contributed by atoms with van der Waals surface area (Å²) in [5.41, 5.74) is 2.95. The van der Waals surface area contributed by atoms with Crippen LogP contribution in [0.5, 0.6) is 0 Å². The predicted octanol–water partition coefficient (Wildman–Crippen LogP) is 3.15. The molecule has 2 saturated heterocycles. The number of nitriles is 1. The maximum Gasteiger partial charge on any atom is 0.273 e. The minimum atomic E-state index is -0.0801. The van der Waals surface area contributed by atoms with Gasteiger partial charge in [-0.1, -0.05) is 6.07 Å². The fraction of sp³-hybridized carbons (Fsp3) is 0.435. The molecule has 0 N–H and O–H groups in total. The summed E-state index contributed by atoms with van der Waals surface area (Å²) < 4.78 is 1.80. The molecule has 2 aliphatic heterocycles. The molecule has 2 fully saturated rings. The van der Waals surface area contributed by atoms with Crippen molar-refractivity contribution in [3.05, 3.63) is 53.6 Å². The summed E-state index contributed by atoms with van der Waals surface area (Å²) in [6, 6.07) is 11.7. The van der Waals surface area contributed by atoms with Crippen molar-refractivity contribution in [3.63, 3.8) is 0 Å². The van der Waals surface area contributed by atoms with Crippen molar-refractivity contribution >= 4 is 17.4 Å². The van der Waals surface area contributed by atoms with Crippen LogP contribution in [0.4, 0.5) is 5.82 Å². The van der Waals surface area contributed by atoms with E-state index in [-0.39, 0.29) is 17.9 Å². The van der Waals surface area contributed by atoms with Gasteiger partial charge < -0.3 is 9.80 Å². The number of amides is 1. The molecule has 158 valence electrons. The highest BCUT2D eigenvalue weighted by atomic mass is 16.2. The molecule has 2 aliphatic rings. The second kappa shape index (κ2) is 7.99. The van der Waals surface area contributed by atoms with E-state index in [1.165, 1.54) is 0 Å². The second-order valence-corrected chi connectivity index (χ2v) is 8.40. The lowest BCUT2D eigenvalue weighted by Crippen LogP contribution is -2.39. The molecule has 0 radical (unpaired) electrons. The number of rotatable bonds is 3. The molecule has 31 heavy (non-hydrogen) atoms. The highest BCUT2D eigenvalue weighted by molar-refractivity contribution is 5.92. The molecule has 5 heterocycles. The molecule has 3 aromatic rings. The molecular formula is C23H25N7O. The molecule has 0 aromatic carbocycles. The quantitative estimate of drug-likeness (QED) is 0.653. The van der Waals surface area contributed by atoms with Crippen LogP contribution in [0.15, 0.2) is 36.5 Å². The number of carbonyl (C=O) groups is 1. The van der Waals surface area contributed by atoms with E-state index in [0.717, 1.165) is 55.1 Å². The van der Waals surface area contributed by atoms with Crippen LogP contribution in [-0.2, 0) is 0 Å². The number of carbonyl (C=O) groups excluding carboxylic acids is 1. The molecule has 0 spiro atoms. The largest absolute Gasteiger partial charge is 0.354 e. The summed E-state index contributed by atoms with van der Waals surface area (Å²) in [5, 5.41) is 13.9. The van der Waals surface area contributed by atoms with E-state index < -0.39 is 0 Å². The Hall–Kier alpha value is -3.47. The third-order valence-corrected chi connectivity index (χ3v) is 6.23. The van der Waals surface area contributed by atoms with Crippen LogP contribution in [0.1, 0.15) is 53.6 Å². The average Bonchev–Trinajstić information content (AvgIpc) is 3.45. The topological polar surface area (TPSA) is 90.4 Å². The molecule has 3 aromatic heterocycles. The van der Waals surface area contributed by atoms with Crippen LogP contribution >= 0.6 is 0 Å². The van der Waals surface area contributed by atoms with Crippen LogP contribution in [0.2, 0.25) is 0 Å². The Morgan fingerprint density at radius 1 is 1.13 bits per heavy atom. The number of anilines is 1. The van der Waals surface area contributed by atoms with Gasteiger partial charge in [0.25, 0.3) is 5.91 Å². The van der Waals surface area contributed by atoms with Crippen molar-refractivity contribution in [1.29, 1.82) is 5.26 Å². The van der Waals surface area contributed by atoms with E-state index >= 15 is 0 Å². The molecule has 2 atom stereocenters. The maximum atomic E-state index is 13.2. The van der Waals surface area contributed by atoms with E-state index in [0.29, 0.717) is 18.8 Å². The van der Waals surface area contributed by atoms with Crippen LogP contribution in [0.3, 0.4) is 0 Å². The van der Waals surface area contributed by atoms with Gasteiger partial charge in [0.1, 0.15) is 11.5 Å². The van der Waals surface area contributed by atoms with Gasteiger partial charge in [-0.2, -0.15) is 5.26 Å². The van der Waals surface area contributed by atoms with Gasteiger partial charge in [-0.3, -0.25) is 4.79 Å². The average molecular weight is 416 g/mol. The Kier molecular flexibility index (Phi) is 5.02. The third-order valence-electron chi connectivity index (χ3n) is 6.23. The number of nitrogens with zero attached hydrogens (tertiary/aromatic N) is 7. The Labute approximate surface area is 181 Å². The van der Waals surface area contributed by atoms with Crippen molar-refractivity contribution in [3.8, 4) is 6.07 Å². The third kappa shape index (κ3) is 3.72. The standard InChI is InChI=1S/C23H25N7O/c1-16-5-4-6-18(25-16)23(31)29-11-3-2-7-20(29)19-15-30-21(26-19)8-9-22(27-30)28-12-10-17(13-24)14-28/h4-6,8-9,15,17,20H,2-3,7,10-12,14H2,1H3/t17-,20+/m1/s1. The summed E-state index contributed by atoms with van der Waals surface area (Å²) >= 11 is 0. The van der Waals surface area contributed by atoms with E-state index in [9.17, 15) is 4.79 Å². The van der Waals surface area contributed by atoms with Gasteiger partial charge in [-0.05, 0) is 56.9 Å². The highest BCUT2D eigenvalue weighted by Gasteiger charge is 2.31. The molecule has 0 bridgehead atoms. The van der Waals surface area contributed by atoms with E-state index in [2.05, 4.69) is 16.0 Å². The van der Waals surface area contributed by atoms with Crippen molar-refractivity contribution < 1.29 is 4.79 Å². The molecule has 5 rings (SSSR count). The first kappa shape index (κ1) is 19.5. The van der Waals surface area contributed by atoms with Gasteiger partial charge in [-0.25, -0.2) is 14.5 Å². The van der Waals surface area contributed by atoms with Crippen LogP contribution in [-0.4, -0.2) is 50.0 Å². The Balaban J connectivity index is 1.43. The van der Waals surface area contributed by atoms with Crippen molar-refractivity contribution in [2.75, 3.05) is 24.5 Å². The monoisotopic (exact) mass is 415 g/mol. The van der Waals surface area contributed by atoms with Gasteiger partial charge in [0.15, 0.2) is 5.65 Å². The molecule has 0 unspecified atom stereocenters. The highest BCUT2D eigenvalue weighted by Crippen LogP contribution is 2.32. The first-order chi connectivity index (χ1) is 15.1.